The number of rotatable bonds is 5. The molecule has 0 fully saturated rings. The van der Waals surface area contributed by atoms with E-state index in [2.05, 4.69) is 10.3 Å². The number of carbonyl (C=O) groups excluding carboxylic acids is 1. The Kier molecular flexibility index (Phi) is 5.03. The molecule has 6 heteroatoms. The van der Waals surface area contributed by atoms with Crippen molar-refractivity contribution < 1.29 is 9.18 Å². The lowest BCUT2D eigenvalue weighted by atomic mass is 10.1. The predicted molar refractivity (Wildman–Crippen MR) is 82.9 cm³/mol. The average Bonchev–Trinajstić information content (AvgIpc) is 2.89. The number of nitrogens with one attached hydrogen (secondary N) is 1. The molecule has 1 aromatic carbocycles. The molecule has 112 valence electrons. The van der Waals surface area contributed by atoms with E-state index in [1.54, 1.807) is 26.1 Å². The Bertz CT molecular complexity index is 642. The number of thiazole rings is 1. The smallest absolute Gasteiger partial charge is 0.230 e. The Balaban J connectivity index is 2.03. The second kappa shape index (κ2) is 6.78. The molecular weight excluding hydrogens is 289 g/mol. The van der Waals surface area contributed by atoms with Gasteiger partial charge in [-0.25, -0.2) is 9.37 Å². The molecule has 2 aromatic rings. The maximum Gasteiger partial charge on any atom is 0.230 e. The van der Waals surface area contributed by atoms with Gasteiger partial charge in [0.1, 0.15) is 5.82 Å². The predicted octanol–water partition coefficient (Wildman–Crippen LogP) is 2.71. The summed E-state index contributed by atoms with van der Waals surface area (Å²) in [5.41, 5.74) is 6.96. The number of anilines is 1. The Labute approximate surface area is 127 Å². The number of amides is 1. The van der Waals surface area contributed by atoms with Crippen LogP contribution in [0.3, 0.4) is 0 Å². The summed E-state index contributed by atoms with van der Waals surface area (Å²) in [4.78, 5) is 16.8. The maximum atomic E-state index is 13.5. The third-order valence-electron chi connectivity index (χ3n) is 3.20. The fraction of sp³-hybridized carbons (Fsp3) is 0.333. The van der Waals surface area contributed by atoms with Crippen molar-refractivity contribution in [1.29, 1.82) is 0 Å². The standard InChI is InChI=1S/C15H18FN3OS/c1-9-3-4-11(6-13(9)16)5-12-8-18-15(21-12)19-14(20)10(2)7-17/h3-4,6,8,10H,5,7,17H2,1-2H3,(H,18,19,20). The van der Waals surface area contributed by atoms with Crippen LogP contribution in [0.1, 0.15) is 22.9 Å². The van der Waals surface area contributed by atoms with Gasteiger partial charge in [0.25, 0.3) is 0 Å². The molecule has 0 aliphatic heterocycles. The lowest BCUT2D eigenvalue weighted by molar-refractivity contribution is -0.119. The summed E-state index contributed by atoms with van der Waals surface area (Å²) in [6.45, 7) is 3.80. The molecule has 1 aromatic heterocycles. The summed E-state index contributed by atoms with van der Waals surface area (Å²) >= 11 is 1.39. The van der Waals surface area contributed by atoms with Crippen LogP contribution in [0.2, 0.25) is 0 Å². The Morgan fingerprint density at radius 3 is 2.95 bits per heavy atom. The zero-order chi connectivity index (χ0) is 15.4. The van der Waals surface area contributed by atoms with E-state index in [1.807, 2.05) is 6.07 Å². The van der Waals surface area contributed by atoms with Crippen LogP contribution in [-0.4, -0.2) is 17.4 Å². The highest BCUT2D eigenvalue weighted by atomic mass is 32.1. The Hall–Kier alpha value is -1.79. The highest BCUT2D eigenvalue weighted by Crippen LogP contribution is 2.22. The van der Waals surface area contributed by atoms with Crippen molar-refractivity contribution in [2.24, 2.45) is 11.7 Å². The molecule has 0 aliphatic carbocycles. The van der Waals surface area contributed by atoms with E-state index in [0.717, 1.165) is 10.4 Å². The first-order valence-corrected chi connectivity index (χ1v) is 7.52. The van der Waals surface area contributed by atoms with Gasteiger partial charge in [0.05, 0.1) is 0 Å². The summed E-state index contributed by atoms with van der Waals surface area (Å²) in [5.74, 6) is -0.592. The molecule has 2 rings (SSSR count). The van der Waals surface area contributed by atoms with Crippen molar-refractivity contribution >= 4 is 22.4 Å². The van der Waals surface area contributed by atoms with Crippen molar-refractivity contribution in [2.75, 3.05) is 11.9 Å². The summed E-state index contributed by atoms with van der Waals surface area (Å²) < 4.78 is 13.5. The molecule has 1 unspecified atom stereocenters. The van der Waals surface area contributed by atoms with E-state index in [0.29, 0.717) is 23.7 Å². The average molecular weight is 307 g/mol. The zero-order valence-corrected chi connectivity index (χ0v) is 12.8. The molecule has 0 radical (unpaired) electrons. The number of benzene rings is 1. The van der Waals surface area contributed by atoms with Gasteiger partial charge in [-0.05, 0) is 24.1 Å². The van der Waals surface area contributed by atoms with Crippen LogP contribution in [0.15, 0.2) is 24.4 Å². The minimum atomic E-state index is -0.247. The van der Waals surface area contributed by atoms with Gasteiger partial charge in [0.15, 0.2) is 5.13 Å². The second-order valence-corrected chi connectivity index (χ2v) is 6.13. The summed E-state index contributed by atoms with van der Waals surface area (Å²) in [5, 5.41) is 3.28. The zero-order valence-electron chi connectivity index (χ0n) is 12.0. The Morgan fingerprint density at radius 1 is 1.52 bits per heavy atom. The maximum absolute atomic E-state index is 13.5. The van der Waals surface area contributed by atoms with E-state index in [4.69, 9.17) is 5.73 Å². The lowest BCUT2D eigenvalue weighted by Gasteiger charge is -2.06. The van der Waals surface area contributed by atoms with Crippen LogP contribution in [0.5, 0.6) is 0 Å². The summed E-state index contributed by atoms with van der Waals surface area (Å²) in [7, 11) is 0. The van der Waals surface area contributed by atoms with Gasteiger partial charge in [-0.3, -0.25) is 4.79 Å². The molecule has 3 N–H and O–H groups in total. The molecule has 1 amide bonds. The molecule has 0 bridgehead atoms. The first-order chi connectivity index (χ1) is 9.99. The van der Waals surface area contributed by atoms with Gasteiger partial charge in [-0.1, -0.05) is 19.1 Å². The Morgan fingerprint density at radius 2 is 2.29 bits per heavy atom. The van der Waals surface area contributed by atoms with Gasteiger partial charge < -0.3 is 11.1 Å². The summed E-state index contributed by atoms with van der Waals surface area (Å²) in [6, 6.07) is 5.19. The monoisotopic (exact) mass is 307 g/mol. The van der Waals surface area contributed by atoms with Crippen LogP contribution in [0.25, 0.3) is 0 Å². The van der Waals surface area contributed by atoms with E-state index >= 15 is 0 Å². The first kappa shape index (κ1) is 15.6. The van der Waals surface area contributed by atoms with Gasteiger partial charge >= 0.3 is 0 Å². The summed E-state index contributed by atoms with van der Waals surface area (Å²) in [6.07, 6.45) is 2.29. The van der Waals surface area contributed by atoms with Crippen molar-refractivity contribution in [3.05, 3.63) is 46.2 Å². The molecular formula is C15H18FN3OS. The fourth-order valence-electron chi connectivity index (χ4n) is 1.73. The van der Waals surface area contributed by atoms with Gasteiger partial charge in [-0.2, -0.15) is 0 Å². The molecule has 1 heterocycles. The SMILES string of the molecule is Cc1ccc(Cc2cnc(NC(=O)C(C)CN)s2)cc1F. The van der Waals surface area contributed by atoms with Crippen LogP contribution in [0.4, 0.5) is 9.52 Å². The second-order valence-electron chi connectivity index (χ2n) is 5.02. The highest BCUT2D eigenvalue weighted by molar-refractivity contribution is 7.15. The molecule has 0 saturated heterocycles. The molecule has 21 heavy (non-hydrogen) atoms. The third kappa shape index (κ3) is 4.09. The van der Waals surface area contributed by atoms with Gasteiger partial charge in [-0.15, -0.1) is 11.3 Å². The number of halogens is 1. The third-order valence-corrected chi connectivity index (χ3v) is 4.11. The van der Waals surface area contributed by atoms with Crippen molar-refractivity contribution in [2.45, 2.75) is 20.3 Å². The van der Waals surface area contributed by atoms with E-state index < -0.39 is 0 Å². The minimum Gasteiger partial charge on any atom is -0.330 e. The van der Waals surface area contributed by atoms with E-state index in [9.17, 15) is 9.18 Å². The topological polar surface area (TPSA) is 68.0 Å². The van der Waals surface area contributed by atoms with Gasteiger partial charge in [0, 0.05) is 30.0 Å². The number of aromatic nitrogens is 1. The van der Waals surface area contributed by atoms with Crippen molar-refractivity contribution in [3.8, 4) is 0 Å². The largest absolute Gasteiger partial charge is 0.330 e. The van der Waals surface area contributed by atoms with E-state index in [1.165, 1.54) is 17.4 Å². The van der Waals surface area contributed by atoms with Crippen LogP contribution < -0.4 is 11.1 Å². The molecule has 0 saturated carbocycles. The fourth-order valence-corrected chi connectivity index (χ4v) is 2.58. The number of nitrogens with zero attached hydrogens (tertiary/aromatic N) is 1. The van der Waals surface area contributed by atoms with Crippen LogP contribution in [-0.2, 0) is 11.2 Å². The quantitative estimate of drug-likeness (QED) is 0.892. The van der Waals surface area contributed by atoms with Crippen LogP contribution >= 0.6 is 11.3 Å². The molecule has 4 nitrogen and oxygen atoms in total. The van der Waals surface area contributed by atoms with Gasteiger partial charge in [0.2, 0.25) is 5.91 Å². The number of hydrogen-bond acceptors (Lipinski definition) is 4. The minimum absolute atomic E-state index is 0.139. The number of hydrogen-bond donors (Lipinski definition) is 2. The van der Waals surface area contributed by atoms with Crippen LogP contribution in [0, 0.1) is 18.7 Å². The van der Waals surface area contributed by atoms with E-state index in [-0.39, 0.29) is 17.6 Å². The first-order valence-electron chi connectivity index (χ1n) is 6.70. The van der Waals surface area contributed by atoms with Crippen molar-refractivity contribution in [1.82, 2.24) is 4.98 Å². The lowest BCUT2D eigenvalue weighted by Crippen LogP contribution is -2.26. The molecule has 0 spiro atoms. The number of nitrogens with two attached hydrogens (primary N) is 1. The normalized spacial score (nSPS) is 12.2. The van der Waals surface area contributed by atoms with Crippen molar-refractivity contribution in [3.63, 3.8) is 0 Å². The number of aryl methyl sites for hydroxylation is 1. The number of carbonyl (C=O) groups is 1. The highest BCUT2D eigenvalue weighted by Gasteiger charge is 2.13. The molecule has 1 atom stereocenters. The molecule has 0 aliphatic rings.